The number of rotatable bonds is 5. The van der Waals surface area contributed by atoms with E-state index in [9.17, 15) is 19.5 Å². The minimum Gasteiger partial charge on any atom is -0.479 e. The number of amides is 2. The third kappa shape index (κ3) is 4.21. The summed E-state index contributed by atoms with van der Waals surface area (Å²) in [6.45, 7) is -0.119. The zero-order chi connectivity index (χ0) is 15.4. The molecule has 1 aliphatic heterocycles. The van der Waals surface area contributed by atoms with Crippen molar-refractivity contribution in [3.8, 4) is 0 Å². The number of hydrogen-bond donors (Lipinski definition) is 2. The standard InChI is InChI=1S/C13H13BrN2O4S/c14-9-3-1-8(2-4-9)12(13(19)20)15-10(17)5-16-7-21-6-11(16)18/h1-4,12H,5-7H2,(H,15,17)(H,19,20). The minimum atomic E-state index is -1.15. The molecule has 1 unspecified atom stereocenters. The fraction of sp³-hybridized carbons (Fsp3) is 0.308. The Bertz CT molecular complexity index is 564. The number of thioether (sulfide) groups is 1. The van der Waals surface area contributed by atoms with Gasteiger partial charge in [0.2, 0.25) is 11.8 Å². The molecular formula is C13H13BrN2O4S. The van der Waals surface area contributed by atoms with Gasteiger partial charge in [0.05, 0.1) is 11.6 Å². The van der Waals surface area contributed by atoms with Crippen molar-refractivity contribution in [2.45, 2.75) is 6.04 Å². The molecule has 0 saturated carbocycles. The zero-order valence-corrected chi connectivity index (χ0v) is 13.3. The Morgan fingerprint density at radius 3 is 2.57 bits per heavy atom. The van der Waals surface area contributed by atoms with Crippen LogP contribution in [0.4, 0.5) is 0 Å². The van der Waals surface area contributed by atoms with Crippen molar-refractivity contribution in [1.29, 1.82) is 0 Å². The fourth-order valence-electron chi connectivity index (χ4n) is 1.86. The molecule has 0 spiro atoms. The number of aliphatic carboxylic acids is 1. The quantitative estimate of drug-likeness (QED) is 0.811. The average molecular weight is 373 g/mol. The SMILES string of the molecule is O=C(CN1CSCC1=O)NC(C(=O)O)c1ccc(Br)cc1. The maximum absolute atomic E-state index is 11.9. The summed E-state index contributed by atoms with van der Waals surface area (Å²) >= 11 is 4.70. The normalized spacial score (nSPS) is 15.9. The van der Waals surface area contributed by atoms with Gasteiger partial charge in [-0.2, -0.15) is 0 Å². The van der Waals surface area contributed by atoms with Crippen molar-refractivity contribution in [3.63, 3.8) is 0 Å². The molecule has 2 N–H and O–H groups in total. The molecule has 1 saturated heterocycles. The van der Waals surface area contributed by atoms with E-state index in [0.29, 0.717) is 17.2 Å². The smallest absolute Gasteiger partial charge is 0.330 e. The molecule has 1 heterocycles. The molecule has 2 rings (SSSR count). The molecule has 0 radical (unpaired) electrons. The van der Waals surface area contributed by atoms with Crippen molar-refractivity contribution in [1.82, 2.24) is 10.2 Å². The number of carboxylic acids is 1. The molecule has 1 aromatic rings. The summed E-state index contributed by atoms with van der Waals surface area (Å²) in [6.07, 6.45) is 0. The molecule has 1 fully saturated rings. The molecule has 0 bridgehead atoms. The monoisotopic (exact) mass is 372 g/mol. The first kappa shape index (κ1) is 15.8. The minimum absolute atomic E-state index is 0.106. The van der Waals surface area contributed by atoms with Gasteiger partial charge in [0.15, 0.2) is 6.04 Å². The van der Waals surface area contributed by atoms with Gasteiger partial charge in [0, 0.05) is 4.47 Å². The van der Waals surface area contributed by atoms with E-state index >= 15 is 0 Å². The molecule has 8 heteroatoms. The van der Waals surface area contributed by atoms with E-state index in [4.69, 9.17) is 0 Å². The number of nitrogens with one attached hydrogen (secondary N) is 1. The first-order valence-electron chi connectivity index (χ1n) is 6.10. The van der Waals surface area contributed by atoms with E-state index in [1.807, 2.05) is 0 Å². The number of carbonyl (C=O) groups is 3. The molecule has 0 aliphatic carbocycles. The Labute approximate surface area is 134 Å². The van der Waals surface area contributed by atoms with Crippen molar-refractivity contribution < 1.29 is 19.5 Å². The van der Waals surface area contributed by atoms with E-state index < -0.39 is 17.9 Å². The molecule has 1 atom stereocenters. The van der Waals surface area contributed by atoms with Gasteiger partial charge in [0.25, 0.3) is 0 Å². The second-order valence-electron chi connectivity index (χ2n) is 4.46. The van der Waals surface area contributed by atoms with Crippen LogP contribution in [-0.4, -0.2) is 46.0 Å². The predicted octanol–water partition coefficient (Wildman–Crippen LogP) is 1.22. The fourth-order valence-corrected chi connectivity index (χ4v) is 3.03. The predicted molar refractivity (Wildman–Crippen MR) is 81.7 cm³/mol. The van der Waals surface area contributed by atoms with E-state index in [-0.39, 0.29) is 12.5 Å². The largest absolute Gasteiger partial charge is 0.479 e. The summed E-state index contributed by atoms with van der Waals surface area (Å²) in [6, 6.07) is 5.53. The highest BCUT2D eigenvalue weighted by Gasteiger charge is 2.26. The van der Waals surface area contributed by atoms with Crippen LogP contribution in [0.15, 0.2) is 28.7 Å². The van der Waals surface area contributed by atoms with Gasteiger partial charge in [-0.3, -0.25) is 9.59 Å². The van der Waals surface area contributed by atoms with Gasteiger partial charge in [-0.25, -0.2) is 4.79 Å². The Balaban J connectivity index is 2.02. The maximum atomic E-state index is 11.9. The Morgan fingerprint density at radius 1 is 1.38 bits per heavy atom. The number of benzene rings is 1. The molecule has 0 aromatic heterocycles. The zero-order valence-electron chi connectivity index (χ0n) is 10.9. The van der Waals surface area contributed by atoms with Crippen LogP contribution in [0.5, 0.6) is 0 Å². The molecule has 1 aliphatic rings. The van der Waals surface area contributed by atoms with E-state index in [0.717, 1.165) is 4.47 Å². The van der Waals surface area contributed by atoms with Crippen LogP contribution in [0.3, 0.4) is 0 Å². The lowest BCUT2D eigenvalue weighted by atomic mass is 10.1. The molecule has 2 amide bonds. The topological polar surface area (TPSA) is 86.7 Å². The summed E-state index contributed by atoms with van der Waals surface area (Å²) in [5.41, 5.74) is 0.473. The second kappa shape index (κ2) is 6.95. The third-order valence-electron chi connectivity index (χ3n) is 2.92. The van der Waals surface area contributed by atoms with Gasteiger partial charge >= 0.3 is 5.97 Å². The second-order valence-corrected chi connectivity index (χ2v) is 6.33. The summed E-state index contributed by atoms with van der Waals surface area (Å²) in [5, 5.41) is 11.7. The summed E-state index contributed by atoms with van der Waals surface area (Å²) in [5.74, 6) is -0.912. The lowest BCUT2D eigenvalue weighted by Gasteiger charge is -2.18. The number of carboxylic acid groups (broad SMARTS) is 1. The van der Waals surface area contributed by atoms with Crippen LogP contribution in [0.2, 0.25) is 0 Å². The molecule has 6 nitrogen and oxygen atoms in total. The Kier molecular flexibility index (Phi) is 5.24. The van der Waals surface area contributed by atoms with Gasteiger partial charge in [0.1, 0.15) is 6.54 Å². The summed E-state index contributed by atoms with van der Waals surface area (Å²) < 4.78 is 0.821. The van der Waals surface area contributed by atoms with E-state index in [1.54, 1.807) is 24.3 Å². The highest BCUT2D eigenvalue weighted by atomic mass is 79.9. The van der Waals surface area contributed by atoms with Crippen molar-refractivity contribution in [2.24, 2.45) is 0 Å². The lowest BCUT2D eigenvalue weighted by Crippen LogP contribution is -2.41. The van der Waals surface area contributed by atoms with Crippen LogP contribution in [0, 0.1) is 0 Å². The van der Waals surface area contributed by atoms with Crippen LogP contribution in [0.25, 0.3) is 0 Å². The molecule has 112 valence electrons. The highest BCUT2D eigenvalue weighted by molar-refractivity contribution is 9.10. The highest BCUT2D eigenvalue weighted by Crippen LogP contribution is 2.18. The van der Waals surface area contributed by atoms with Crippen LogP contribution in [0.1, 0.15) is 11.6 Å². The summed E-state index contributed by atoms with van der Waals surface area (Å²) in [7, 11) is 0. The van der Waals surface area contributed by atoms with Crippen LogP contribution < -0.4 is 5.32 Å². The first-order valence-corrected chi connectivity index (χ1v) is 8.05. The molecular weight excluding hydrogens is 360 g/mol. The first-order chi connectivity index (χ1) is 9.97. The number of hydrogen-bond acceptors (Lipinski definition) is 4. The number of carbonyl (C=O) groups excluding carboxylic acids is 2. The van der Waals surface area contributed by atoms with Gasteiger partial charge in [-0.15, -0.1) is 11.8 Å². The van der Waals surface area contributed by atoms with Crippen LogP contribution in [-0.2, 0) is 14.4 Å². The molecule has 21 heavy (non-hydrogen) atoms. The van der Waals surface area contributed by atoms with Crippen LogP contribution >= 0.6 is 27.7 Å². The number of nitrogens with zero attached hydrogens (tertiary/aromatic N) is 1. The van der Waals surface area contributed by atoms with Crippen molar-refractivity contribution in [2.75, 3.05) is 18.2 Å². The molecule has 1 aromatic carbocycles. The van der Waals surface area contributed by atoms with Gasteiger partial charge in [-0.1, -0.05) is 28.1 Å². The third-order valence-corrected chi connectivity index (χ3v) is 4.39. The number of halogens is 1. The summed E-state index contributed by atoms with van der Waals surface area (Å²) in [4.78, 5) is 36.1. The maximum Gasteiger partial charge on any atom is 0.330 e. The Hall–Kier alpha value is -1.54. The lowest BCUT2D eigenvalue weighted by molar-refractivity contribution is -0.142. The van der Waals surface area contributed by atoms with Crippen molar-refractivity contribution >= 4 is 45.5 Å². The van der Waals surface area contributed by atoms with Gasteiger partial charge in [-0.05, 0) is 17.7 Å². The van der Waals surface area contributed by atoms with E-state index in [2.05, 4.69) is 21.2 Å². The van der Waals surface area contributed by atoms with Crippen molar-refractivity contribution in [3.05, 3.63) is 34.3 Å². The van der Waals surface area contributed by atoms with Gasteiger partial charge < -0.3 is 15.3 Å². The Morgan fingerprint density at radius 2 is 2.05 bits per heavy atom. The van der Waals surface area contributed by atoms with E-state index in [1.165, 1.54) is 16.7 Å². The average Bonchev–Trinajstić information content (AvgIpc) is 2.82.